The van der Waals surface area contributed by atoms with Crippen LogP contribution in [0.2, 0.25) is 0 Å². The van der Waals surface area contributed by atoms with Crippen LogP contribution in [0, 0.1) is 0 Å². The summed E-state index contributed by atoms with van der Waals surface area (Å²) < 4.78 is 31.0. The smallest absolute Gasteiger partial charge is 0.330 e. The first-order chi connectivity index (χ1) is 11.2. The van der Waals surface area contributed by atoms with Crippen molar-refractivity contribution in [3.05, 3.63) is 23.8 Å². The Morgan fingerprint density at radius 3 is 2.22 bits per heavy atom. The van der Waals surface area contributed by atoms with Crippen LogP contribution in [0.1, 0.15) is 12.5 Å². The highest BCUT2D eigenvalue weighted by molar-refractivity contribution is 5.88. The summed E-state index contributed by atoms with van der Waals surface area (Å²) in [5, 5.41) is 0. The zero-order valence-electron chi connectivity index (χ0n) is 13.8. The van der Waals surface area contributed by atoms with Crippen LogP contribution in [0.15, 0.2) is 18.2 Å². The van der Waals surface area contributed by atoms with Gasteiger partial charge in [-0.25, -0.2) is 4.79 Å². The highest BCUT2D eigenvalue weighted by atomic mass is 16.7. The van der Waals surface area contributed by atoms with E-state index in [4.69, 9.17) is 28.4 Å². The molecular weight excluding hydrogens is 304 g/mol. The van der Waals surface area contributed by atoms with Gasteiger partial charge >= 0.3 is 5.97 Å². The van der Waals surface area contributed by atoms with E-state index in [1.807, 2.05) is 0 Å². The summed E-state index contributed by atoms with van der Waals surface area (Å²) in [4.78, 5) is 11.5. The molecule has 0 aliphatic rings. The molecule has 0 heterocycles. The third-order valence-electron chi connectivity index (χ3n) is 2.66. The molecule has 128 valence electrons. The van der Waals surface area contributed by atoms with Crippen LogP contribution in [-0.4, -0.2) is 47.5 Å². The lowest BCUT2D eigenvalue weighted by molar-refractivity contribution is -0.137. The highest BCUT2D eigenvalue weighted by Crippen LogP contribution is 2.38. The van der Waals surface area contributed by atoms with Crippen molar-refractivity contribution in [3.8, 4) is 17.2 Å². The molecule has 0 saturated heterocycles. The van der Waals surface area contributed by atoms with Crippen LogP contribution < -0.4 is 14.2 Å². The van der Waals surface area contributed by atoms with Gasteiger partial charge in [0, 0.05) is 20.3 Å². The summed E-state index contributed by atoms with van der Waals surface area (Å²) >= 11 is 0. The van der Waals surface area contributed by atoms with Crippen molar-refractivity contribution in [1.82, 2.24) is 0 Å². The fourth-order valence-electron chi connectivity index (χ4n) is 1.76. The fraction of sp³-hybridized carbons (Fsp3) is 0.438. The number of esters is 1. The van der Waals surface area contributed by atoms with Gasteiger partial charge < -0.3 is 28.4 Å². The normalized spacial score (nSPS) is 10.6. The van der Waals surface area contributed by atoms with E-state index in [0.717, 1.165) is 0 Å². The molecular formula is C16H22O7. The molecule has 0 aromatic heterocycles. The first-order valence-corrected chi connectivity index (χ1v) is 6.97. The van der Waals surface area contributed by atoms with Crippen LogP contribution in [0.25, 0.3) is 6.08 Å². The Kier molecular flexibility index (Phi) is 8.56. The van der Waals surface area contributed by atoms with E-state index in [0.29, 0.717) is 29.4 Å². The molecule has 0 aliphatic carbocycles. The number of rotatable bonds is 10. The van der Waals surface area contributed by atoms with Crippen molar-refractivity contribution >= 4 is 12.0 Å². The molecule has 0 atom stereocenters. The molecule has 0 radical (unpaired) electrons. The van der Waals surface area contributed by atoms with E-state index in [1.165, 1.54) is 27.4 Å². The van der Waals surface area contributed by atoms with Crippen LogP contribution in [0.5, 0.6) is 17.2 Å². The number of carbonyl (C=O) groups excluding carboxylic acids is 1. The van der Waals surface area contributed by atoms with Crippen molar-refractivity contribution < 1.29 is 33.2 Å². The van der Waals surface area contributed by atoms with E-state index in [9.17, 15) is 4.79 Å². The lowest BCUT2D eigenvalue weighted by Crippen LogP contribution is -2.05. The van der Waals surface area contributed by atoms with Crippen LogP contribution >= 0.6 is 0 Å². The van der Waals surface area contributed by atoms with Crippen LogP contribution in [0.4, 0.5) is 0 Å². The van der Waals surface area contributed by atoms with E-state index in [1.54, 1.807) is 25.1 Å². The molecule has 0 saturated carbocycles. The van der Waals surface area contributed by atoms with Crippen LogP contribution in [0.3, 0.4) is 0 Å². The molecule has 0 amide bonds. The van der Waals surface area contributed by atoms with E-state index >= 15 is 0 Å². The zero-order valence-corrected chi connectivity index (χ0v) is 13.8. The molecule has 7 nitrogen and oxygen atoms in total. The Bertz CT molecular complexity index is 525. The molecule has 0 spiro atoms. The first kappa shape index (κ1) is 18.8. The maximum atomic E-state index is 11.5. The topological polar surface area (TPSA) is 72.5 Å². The third-order valence-corrected chi connectivity index (χ3v) is 2.66. The average molecular weight is 326 g/mol. The predicted octanol–water partition coefficient (Wildman–Crippen LogP) is 2.24. The van der Waals surface area contributed by atoms with E-state index in [2.05, 4.69) is 0 Å². The van der Waals surface area contributed by atoms with Gasteiger partial charge in [-0.2, -0.15) is 0 Å². The molecule has 0 N–H and O–H groups in total. The standard InChI is InChI=1S/C16H22O7/c1-5-21-15(17)9-6-12-13(22-10-18-2)7-8-14(16(12)20-4)23-11-19-3/h6-9H,5,10-11H2,1-4H3/b9-6+. The minimum absolute atomic E-state index is 0.0572. The largest absolute Gasteiger partial charge is 0.492 e. The lowest BCUT2D eigenvalue weighted by Gasteiger charge is -2.16. The molecule has 23 heavy (non-hydrogen) atoms. The summed E-state index contributed by atoms with van der Waals surface area (Å²) in [6.45, 7) is 2.15. The summed E-state index contributed by atoms with van der Waals surface area (Å²) in [6, 6.07) is 3.38. The summed E-state index contributed by atoms with van der Waals surface area (Å²) in [6.07, 6.45) is 2.84. The Balaban J connectivity index is 3.18. The number of ether oxygens (including phenoxy) is 6. The van der Waals surface area contributed by atoms with Gasteiger partial charge in [0.05, 0.1) is 19.3 Å². The van der Waals surface area contributed by atoms with Gasteiger partial charge in [-0.15, -0.1) is 0 Å². The van der Waals surface area contributed by atoms with Crippen molar-refractivity contribution in [1.29, 1.82) is 0 Å². The molecule has 0 aliphatic heterocycles. The monoisotopic (exact) mass is 326 g/mol. The molecule has 0 bridgehead atoms. The van der Waals surface area contributed by atoms with E-state index < -0.39 is 5.97 Å². The van der Waals surface area contributed by atoms with Gasteiger partial charge in [-0.05, 0) is 25.1 Å². The number of methoxy groups -OCH3 is 3. The van der Waals surface area contributed by atoms with Crippen LogP contribution in [-0.2, 0) is 19.0 Å². The first-order valence-electron chi connectivity index (χ1n) is 6.97. The Hall–Kier alpha value is -2.25. The quantitative estimate of drug-likeness (QED) is 0.371. The number of hydrogen-bond acceptors (Lipinski definition) is 7. The molecule has 0 fully saturated rings. The highest BCUT2D eigenvalue weighted by Gasteiger charge is 2.15. The summed E-state index contributed by atoms with van der Waals surface area (Å²) in [5.41, 5.74) is 0.534. The maximum absolute atomic E-state index is 11.5. The fourth-order valence-corrected chi connectivity index (χ4v) is 1.76. The van der Waals surface area contributed by atoms with E-state index in [-0.39, 0.29) is 13.6 Å². The predicted molar refractivity (Wildman–Crippen MR) is 83.7 cm³/mol. The average Bonchev–Trinajstić information content (AvgIpc) is 2.56. The SMILES string of the molecule is CCOC(=O)/C=C/c1c(OCOC)ccc(OCOC)c1OC. The minimum atomic E-state index is -0.463. The molecule has 1 aromatic rings. The summed E-state index contributed by atoms with van der Waals surface area (Å²) in [7, 11) is 4.53. The summed E-state index contributed by atoms with van der Waals surface area (Å²) in [5.74, 6) is 0.892. The second kappa shape index (κ2) is 10.5. The molecule has 1 aromatic carbocycles. The van der Waals surface area contributed by atoms with Crippen molar-refractivity contribution in [2.75, 3.05) is 41.5 Å². The minimum Gasteiger partial charge on any atom is -0.492 e. The van der Waals surface area contributed by atoms with Gasteiger partial charge in [0.1, 0.15) is 5.75 Å². The Morgan fingerprint density at radius 2 is 1.65 bits per heavy atom. The Labute approximate surface area is 135 Å². The van der Waals surface area contributed by atoms with Crippen molar-refractivity contribution in [2.24, 2.45) is 0 Å². The van der Waals surface area contributed by atoms with Crippen molar-refractivity contribution in [2.45, 2.75) is 6.92 Å². The number of carbonyl (C=O) groups is 1. The van der Waals surface area contributed by atoms with Gasteiger partial charge in [0.2, 0.25) is 0 Å². The maximum Gasteiger partial charge on any atom is 0.330 e. The second-order valence-corrected chi connectivity index (χ2v) is 4.20. The lowest BCUT2D eigenvalue weighted by atomic mass is 10.1. The van der Waals surface area contributed by atoms with Gasteiger partial charge in [-0.1, -0.05) is 0 Å². The van der Waals surface area contributed by atoms with Crippen molar-refractivity contribution in [3.63, 3.8) is 0 Å². The molecule has 7 heteroatoms. The molecule has 1 rings (SSSR count). The van der Waals surface area contributed by atoms with Gasteiger partial charge in [0.25, 0.3) is 0 Å². The van der Waals surface area contributed by atoms with Gasteiger partial charge in [-0.3, -0.25) is 0 Å². The second-order valence-electron chi connectivity index (χ2n) is 4.20. The zero-order chi connectivity index (χ0) is 17.1. The number of hydrogen-bond donors (Lipinski definition) is 0. The van der Waals surface area contributed by atoms with Gasteiger partial charge in [0.15, 0.2) is 25.1 Å². The molecule has 0 unspecified atom stereocenters. The number of benzene rings is 1. The third kappa shape index (κ3) is 5.80. The Morgan fingerprint density at radius 1 is 1.04 bits per heavy atom.